The summed E-state index contributed by atoms with van der Waals surface area (Å²) in [6.45, 7) is 4.32. The van der Waals surface area contributed by atoms with Gasteiger partial charge in [-0.15, -0.1) is 0 Å². The molecular formula is C6H13N2Na. The fourth-order valence-electron chi connectivity index (χ4n) is 0.794. The molecule has 0 saturated heterocycles. The van der Waals surface area contributed by atoms with E-state index >= 15 is 0 Å². The molecule has 0 saturated carbocycles. The topological polar surface area (TPSA) is 6.48 Å². The van der Waals surface area contributed by atoms with Crippen LogP contribution in [0.15, 0.2) is 12.4 Å². The molecule has 0 aromatic carbocycles. The van der Waals surface area contributed by atoms with E-state index in [1.807, 2.05) is 0 Å². The predicted molar refractivity (Wildman–Crippen MR) is 41.3 cm³/mol. The summed E-state index contributed by atoms with van der Waals surface area (Å²) >= 11 is 0. The Bertz CT molecular complexity index is 103. The van der Waals surface area contributed by atoms with Crippen molar-refractivity contribution in [1.82, 2.24) is 9.80 Å². The van der Waals surface area contributed by atoms with Gasteiger partial charge in [-0.25, -0.2) is 0 Å². The van der Waals surface area contributed by atoms with Crippen molar-refractivity contribution in [3.8, 4) is 0 Å². The normalized spacial score (nSPS) is 16.2. The summed E-state index contributed by atoms with van der Waals surface area (Å²) in [6, 6.07) is 0. The minimum absolute atomic E-state index is 0. The molecule has 1 aliphatic heterocycles. The quantitative estimate of drug-likeness (QED) is 0.469. The van der Waals surface area contributed by atoms with E-state index < -0.39 is 0 Å². The Balaban J connectivity index is 0.000000640. The van der Waals surface area contributed by atoms with Crippen LogP contribution in [0.3, 0.4) is 0 Å². The molecule has 0 spiro atoms. The van der Waals surface area contributed by atoms with Gasteiger partial charge >= 0.3 is 29.6 Å². The van der Waals surface area contributed by atoms with E-state index in [0.717, 1.165) is 13.2 Å². The third kappa shape index (κ3) is 2.61. The summed E-state index contributed by atoms with van der Waals surface area (Å²) < 4.78 is 0. The van der Waals surface area contributed by atoms with Crippen molar-refractivity contribution in [3.05, 3.63) is 12.4 Å². The third-order valence-electron chi connectivity index (χ3n) is 1.34. The van der Waals surface area contributed by atoms with Gasteiger partial charge in [-0.05, 0) is 6.92 Å². The molecule has 0 aromatic rings. The molecule has 2 nitrogen and oxygen atoms in total. The fraction of sp³-hybridized carbons (Fsp3) is 0.667. The van der Waals surface area contributed by atoms with Gasteiger partial charge in [-0.1, -0.05) is 0 Å². The predicted octanol–water partition coefficient (Wildman–Crippen LogP) is 0.0339. The summed E-state index contributed by atoms with van der Waals surface area (Å²) in [6.07, 6.45) is 4.20. The van der Waals surface area contributed by atoms with Crippen LogP contribution < -0.4 is 0 Å². The SMILES string of the molecule is CCN1C=CN(C)C1.[NaH]. The van der Waals surface area contributed by atoms with Gasteiger partial charge in [-0.3, -0.25) is 0 Å². The Hall–Kier alpha value is 0.340. The first-order valence-corrected chi connectivity index (χ1v) is 2.95. The van der Waals surface area contributed by atoms with E-state index in [-0.39, 0.29) is 29.6 Å². The zero-order valence-electron chi connectivity index (χ0n) is 5.46. The van der Waals surface area contributed by atoms with Crippen molar-refractivity contribution in [2.45, 2.75) is 6.92 Å². The van der Waals surface area contributed by atoms with Crippen LogP contribution in [0, 0.1) is 0 Å². The van der Waals surface area contributed by atoms with Crippen molar-refractivity contribution in [2.24, 2.45) is 0 Å². The third-order valence-corrected chi connectivity index (χ3v) is 1.34. The second-order valence-electron chi connectivity index (χ2n) is 2.10. The standard InChI is InChI=1S/C6H12N2.Na.H/c1-3-8-5-4-7(2)6-8;;/h4-5H,3,6H2,1-2H3;;. The van der Waals surface area contributed by atoms with Gasteiger partial charge in [0, 0.05) is 26.0 Å². The van der Waals surface area contributed by atoms with Crippen LogP contribution in [-0.2, 0) is 0 Å². The maximum absolute atomic E-state index is 2.25. The van der Waals surface area contributed by atoms with E-state index in [1.165, 1.54) is 0 Å². The Kier molecular flexibility index (Phi) is 4.36. The Labute approximate surface area is 78.8 Å². The van der Waals surface area contributed by atoms with E-state index in [1.54, 1.807) is 0 Å². The van der Waals surface area contributed by atoms with Crippen LogP contribution >= 0.6 is 0 Å². The zero-order chi connectivity index (χ0) is 5.98. The van der Waals surface area contributed by atoms with Crippen LogP contribution in [0.5, 0.6) is 0 Å². The van der Waals surface area contributed by atoms with Gasteiger partial charge in [0.15, 0.2) is 0 Å². The Morgan fingerprint density at radius 3 is 2.33 bits per heavy atom. The van der Waals surface area contributed by atoms with Crippen LogP contribution in [0.25, 0.3) is 0 Å². The Morgan fingerprint density at radius 2 is 2.11 bits per heavy atom. The molecule has 0 fully saturated rings. The van der Waals surface area contributed by atoms with Crippen LogP contribution in [0.2, 0.25) is 0 Å². The van der Waals surface area contributed by atoms with Gasteiger partial charge in [0.2, 0.25) is 0 Å². The fourth-order valence-corrected chi connectivity index (χ4v) is 0.794. The average Bonchev–Trinajstić information content (AvgIpc) is 2.14. The van der Waals surface area contributed by atoms with E-state index in [9.17, 15) is 0 Å². The molecule has 0 N–H and O–H groups in total. The number of rotatable bonds is 1. The van der Waals surface area contributed by atoms with Crippen molar-refractivity contribution in [3.63, 3.8) is 0 Å². The average molecular weight is 136 g/mol. The summed E-state index contributed by atoms with van der Waals surface area (Å²) in [5.74, 6) is 0. The summed E-state index contributed by atoms with van der Waals surface area (Å²) in [5, 5.41) is 0. The minimum atomic E-state index is 0. The van der Waals surface area contributed by atoms with Gasteiger partial charge < -0.3 is 9.80 Å². The molecule has 1 heterocycles. The van der Waals surface area contributed by atoms with Crippen molar-refractivity contribution >= 4 is 29.6 Å². The van der Waals surface area contributed by atoms with Crippen molar-refractivity contribution < 1.29 is 0 Å². The summed E-state index contributed by atoms with van der Waals surface area (Å²) in [4.78, 5) is 4.41. The second kappa shape index (κ2) is 4.20. The molecule has 0 unspecified atom stereocenters. The van der Waals surface area contributed by atoms with Gasteiger partial charge in [0.25, 0.3) is 0 Å². The first kappa shape index (κ1) is 9.34. The van der Waals surface area contributed by atoms with Crippen molar-refractivity contribution in [2.75, 3.05) is 20.3 Å². The first-order chi connectivity index (χ1) is 3.83. The number of hydrogen-bond acceptors (Lipinski definition) is 2. The molecule has 0 radical (unpaired) electrons. The van der Waals surface area contributed by atoms with Crippen LogP contribution in [0.1, 0.15) is 6.92 Å². The Morgan fingerprint density at radius 1 is 1.44 bits per heavy atom. The monoisotopic (exact) mass is 136 g/mol. The van der Waals surface area contributed by atoms with Crippen molar-refractivity contribution in [1.29, 1.82) is 0 Å². The molecule has 0 aliphatic carbocycles. The molecule has 9 heavy (non-hydrogen) atoms. The zero-order valence-corrected chi connectivity index (χ0v) is 5.46. The van der Waals surface area contributed by atoms with Gasteiger partial charge in [-0.2, -0.15) is 0 Å². The van der Waals surface area contributed by atoms with Gasteiger partial charge in [0.1, 0.15) is 0 Å². The molecule has 48 valence electrons. The number of nitrogens with zero attached hydrogens (tertiary/aromatic N) is 2. The van der Waals surface area contributed by atoms with Gasteiger partial charge in [0.05, 0.1) is 6.67 Å². The van der Waals surface area contributed by atoms with E-state index in [0.29, 0.717) is 0 Å². The molecule has 1 aliphatic rings. The maximum atomic E-state index is 2.25. The summed E-state index contributed by atoms with van der Waals surface area (Å²) in [7, 11) is 2.08. The molecule has 3 heteroatoms. The van der Waals surface area contributed by atoms with Crippen LogP contribution in [0.4, 0.5) is 0 Å². The molecular weight excluding hydrogens is 123 g/mol. The first-order valence-electron chi connectivity index (χ1n) is 2.95. The van der Waals surface area contributed by atoms with Crippen LogP contribution in [-0.4, -0.2) is 59.6 Å². The van der Waals surface area contributed by atoms with E-state index in [4.69, 9.17) is 0 Å². The molecule has 0 bridgehead atoms. The van der Waals surface area contributed by atoms with E-state index in [2.05, 4.69) is 36.2 Å². The molecule has 1 rings (SSSR count). The second-order valence-corrected chi connectivity index (χ2v) is 2.10. The molecule has 0 aromatic heterocycles. The number of hydrogen-bond donors (Lipinski definition) is 0. The molecule has 0 atom stereocenters. The summed E-state index contributed by atoms with van der Waals surface area (Å²) in [5.41, 5.74) is 0. The molecule has 0 amide bonds.